The van der Waals surface area contributed by atoms with Gasteiger partial charge in [-0.05, 0) is 63.9 Å². The van der Waals surface area contributed by atoms with Gasteiger partial charge in [0.05, 0.1) is 0 Å². The maximum absolute atomic E-state index is 6.19. The largest absolute Gasteiger partial charge is 0.330 e. The number of hydrogen-bond acceptors (Lipinski definition) is 2. The molecule has 1 fully saturated rings. The average molecular weight is 260 g/mol. The zero-order chi connectivity index (χ0) is 13.9. The quantitative estimate of drug-likeness (QED) is 0.901. The second kappa shape index (κ2) is 6.06. The third-order valence-corrected chi connectivity index (χ3v) is 4.71. The molecule has 2 heteroatoms. The first-order valence-corrected chi connectivity index (χ1v) is 7.61. The van der Waals surface area contributed by atoms with Crippen molar-refractivity contribution in [1.82, 2.24) is 4.90 Å². The molecule has 1 aromatic carbocycles. The van der Waals surface area contributed by atoms with Crippen molar-refractivity contribution in [1.29, 1.82) is 0 Å². The smallest absolute Gasteiger partial charge is 0.0102 e. The molecule has 1 aliphatic heterocycles. The molecule has 2 N–H and O–H groups in total. The Morgan fingerprint density at radius 2 is 1.89 bits per heavy atom. The molecule has 0 saturated carbocycles. The zero-order valence-corrected chi connectivity index (χ0v) is 12.7. The van der Waals surface area contributed by atoms with Gasteiger partial charge in [-0.25, -0.2) is 0 Å². The SMILES string of the molecule is CCCN1CCC(CN)(c2cc(C)ccc2C)CC1. The van der Waals surface area contributed by atoms with E-state index in [9.17, 15) is 0 Å². The van der Waals surface area contributed by atoms with E-state index in [1.807, 2.05) is 0 Å². The van der Waals surface area contributed by atoms with Crippen LogP contribution >= 0.6 is 0 Å². The highest BCUT2D eigenvalue weighted by molar-refractivity contribution is 5.37. The number of nitrogens with two attached hydrogens (primary N) is 1. The van der Waals surface area contributed by atoms with E-state index in [4.69, 9.17) is 5.73 Å². The van der Waals surface area contributed by atoms with Gasteiger partial charge >= 0.3 is 0 Å². The molecule has 19 heavy (non-hydrogen) atoms. The fraction of sp³-hybridized carbons (Fsp3) is 0.647. The Bertz CT molecular complexity index is 417. The number of aryl methyl sites for hydroxylation is 2. The van der Waals surface area contributed by atoms with E-state index in [1.165, 1.54) is 55.6 Å². The van der Waals surface area contributed by atoms with Crippen molar-refractivity contribution in [3.63, 3.8) is 0 Å². The predicted molar refractivity (Wildman–Crippen MR) is 82.6 cm³/mol. The molecule has 0 aliphatic carbocycles. The molecule has 0 amide bonds. The van der Waals surface area contributed by atoms with Crippen molar-refractivity contribution in [3.05, 3.63) is 34.9 Å². The first-order valence-electron chi connectivity index (χ1n) is 7.61. The fourth-order valence-electron chi connectivity index (χ4n) is 3.41. The standard InChI is InChI=1S/C17H28N2/c1-4-9-19-10-7-17(13-18,8-11-19)16-12-14(2)5-6-15(16)3/h5-6,12H,4,7-11,13,18H2,1-3H3. The highest BCUT2D eigenvalue weighted by Crippen LogP contribution is 2.36. The molecule has 1 aromatic rings. The Labute approximate surface area is 118 Å². The van der Waals surface area contributed by atoms with Crippen LogP contribution in [0.25, 0.3) is 0 Å². The first kappa shape index (κ1) is 14.5. The fourth-order valence-corrected chi connectivity index (χ4v) is 3.41. The summed E-state index contributed by atoms with van der Waals surface area (Å²) in [7, 11) is 0. The second-order valence-corrected chi connectivity index (χ2v) is 6.14. The van der Waals surface area contributed by atoms with Gasteiger partial charge in [0.1, 0.15) is 0 Å². The highest BCUT2D eigenvalue weighted by atomic mass is 15.1. The minimum Gasteiger partial charge on any atom is -0.330 e. The number of hydrogen-bond donors (Lipinski definition) is 1. The van der Waals surface area contributed by atoms with Crippen molar-refractivity contribution in [2.24, 2.45) is 5.73 Å². The summed E-state index contributed by atoms with van der Waals surface area (Å²) in [5, 5.41) is 0. The summed E-state index contributed by atoms with van der Waals surface area (Å²) in [5.74, 6) is 0. The Hall–Kier alpha value is -0.860. The number of piperidine rings is 1. The second-order valence-electron chi connectivity index (χ2n) is 6.14. The summed E-state index contributed by atoms with van der Waals surface area (Å²) in [4.78, 5) is 2.58. The molecule has 2 rings (SSSR count). The van der Waals surface area contributed by atoms with Gasteiger partial charge < -0.3 is 10.6 Å². The van der Waals surface area contributed by atoms with Gasteiger partial charge in [0.15, 0.2) is 0 Å². The summed E-state index contributed by atoms with van der Waals surface area (Å²) in [5.41, 5.74) is 10.6. The lowest BCUT2D eigenvalue weighted by Gasteiger charge is -2.42. The number of nitrogens with zero attached hydrogens (tertiary/aromatic N) is 1. The van der Waals surface area contributed by atoms with E-state index in [0.29, 0.717) is 0 Å². The summed E-state index contributed by atoms with van der Waals surface area (Å²) < 4.78 is 0. The Kier molecular flexibility index (Phi) is 4.64. The summed E-state index contributed by atoms with van der Waals surface area (Å²) in [6, 6.07) is 6.81. The number of benzene rings is 1. The van der Waals surface area contributed by atoms with Crippen LogP contribution < -0.4 is 5.73 Å². The van der Waals surface area contributed by atoms with E-state index in [2.05, 4.69) is 43.9 Å². The summed E-state index contributed by atoms with van der Waals surface area (Å²) in [6.07, 6.45) is 3.65. The van der Waals surface area contributed by atoms with E-state index < -0.39 is 0 Å². The van der Waals surface area contributed by atoms with Crippen molar-refractivity contribution >= 4 is 0 Å². The van der Waals surface area contributed by atoms with E-state index in [-0.39, 0.29) is 5.41 Å². The van der Waals surface area contributed by atoms with E-state index >= 15 is 0 Å². The maximum atomic E-state index is 6.19. The van der Waals surface area contributed by atoms with Crippen molar-refractivity contribution in [2.75, 3.05) is 26.2 Å². The minimum absolute atomic E-state index is 0.209. The molecule has 1 heterocycles. The van der Waals surface area contributed by atoms with Crippen LogP contribution in [0.5, 0.6) is 0 Å². The van der Waals surface area contributed by atoms with Crippen LogP contribution in [0.3, 0.4) is 0 Å². The van der Waals surface area contributed by atoms with Crippen molar-refractivity contribution in [3.8, 4) is 0 Å². The van der Waals surface area contributed by atoms with Gasteiger partial charge in [-0.3, -0.25) is 0 Å². The van der Waals surface area contributed by atoms with Gasteiger partial charge in [-0.1, -0.05) is 30.7 Å². The van der Waals surface area contributed by atoms with Crippen LogP contribution in [0, 0.1) is 13.8 Å². The highest BCUT2D eigenvalue weighted by Gasteiger charge is 2.35. The zero-order valence-electron chi connectivity index (χ0n) is 12.7. The lowest BCUT2D eigenvalue weighted by Crippen LogP contribution is -2.47. The molecular weight excluding hydrogens is 232 g/mol. The average Bonchev–Trinajstić information content (AvgIpc) is 2.43. The van der Waals surface area contributed by atoms with Crippen LogP contribution in [-0.2, 0) is 5.41 Å². The molecule has 106 valence electrons. The number of rotatable bonds is 4. The van der Waals surface area contributed by atoms with Crippen LogP contribution in [-0.4, -0.2) is 31.1 Å². The molecular formula is C17H28N2. The molecule has 0 spiro atoms. The van der Waals surface area contributed by atoms with Gasteiger partial charge in [0, 0.05) is 12.0 Å². The molecule has 1 saturated heterocycles. The van der Waals surface area contributed by atoms with Gasteiger partial charge in [-0.15, -0.1) is 0 Å². The third kappa shape index (κ3) is 3.01. The van der Waals surface area contributed by atoms with Crippen molar-refractivity contribution in [2.45, 2.75) is 45.4 Å². The summed E-state index contributed by atoms with van der Waals surface area (Å²) >= 11 is 0. The molecule has 2 nitrogen and oxygen atoms in total. The van der Waals surface area contributed by atoms with Gasteiger partial charge in [-0.2, -0.15) is 0 Å². The number of likely N-dealkylation sites (tertiary alicyclic amines) is 1. The van der Waals surface area contributed by atoms with Gasteiger partial charge in [0.2, 0.25) is 0 Å². The molecule has 0 radical (unpaired) electrons. The van der Waals surface area contributed by atoms with Crippen LogP contribution in [0.2, 0.25) is 0 Å². The van der Waals surface area contributed by atoms with Crippen LogP contribution in [0.1, 0.15) is 42.9 Å². The molecule has 0 unspecified atom stereocenters. The maximum Gasteiger partial charge on any atom is 0.0102 e. The third-order valence-electron chi connectivity index (χ3n) is 4.71. The Balaban J connectivity index is 2.22. The lowest BCUT2D eigenvalue weighted by molar-refractivity contribution is 0.162. The monoisotopic (exact) mass is 260 g/mol. The van der Waals surface area contributed by atoms with Gasteiger partial charge in [0.25, 0.3) is 0 Å². The predicted octanol–water partition coefficient (Wildman–Crippen LogP) is 3.01. The normalized spacial score (nSPS) is 19.6. The van der Waals surface area contributed by atoms with Crippen molar-refractivity contribution < 1.29 is 0 Å². The first-order chi connectivity index (χ1) is 9.11. The molecule has 0 bridgehead atoms. The van der Waals surface area contributed by atoms with Crippen LogP contribution in [0.15, 0.2) is 18.2 Å². The Morgan fingerprint density at radius 1 is 1.21 bits per heavy atom. The lowest BCUT2D eigenvalue weighted by atomic mass is 9.71. The topological polar surface area (TPSA) is 29.3 Å². The molecule has 1 aliphatic rings. The molecule has 0 aromatic heterocycles. The Morgan fingerprint density at radius 3 is 2.47 bits per heavy atom. The minimum atomic E-state index is 0.209. The van der Waals surface area contributed by atoms with E-state index in [0.717, 1.165) is 6.54 Å². The van der Waals surface area contributed by atoms with E-state index in [1.54, 1.807) is 0 Å². The van der Waals surface area contributed by atoms with Crippen LogP contribution in [0.4, 0.5) is 0 Å². The summed E-state index contributed by atoms with van der Waals surface area (Å²) in [6.45, 7) is 11.1. The molecule has 0 atom stereocenters.